The third-order valence-electron chi connectivity index (χ3n) is 2.65. The summed E-state index contributed by atoms with van der Waals surface area (Å²) < 4.78 is 5.09. The Balaban J connectivity index is 2.55. The van der Waals surface area contributed by atoms with E-state index in [4.69, 9.17) is 14.9 Å². The molecule has 104 valence electrons. The molecular formula is C11H20N2O5. The Kier molecular flexibility index (Phi) is 4.39. The topological polar surface area (TPSA) is 99.1 Å². The number of likely N-dealkylation sites (tertiary alicyclic amines) is 1. The number of amides is 2. The fraction of sp³-hybridized carbons (Fsp3) is 0.818. The highest BCUT2D eigenvalue weighted by atomic mass is 16.6. The molecule has 2 amide bonds. The van der Waals surface area contributed by atoms with Crippen molar-refractivity contribution in [2.75, 3.05) is 19.7 Å². The first-order valence-electron chi connectivity index (χ1n) is 5.81. The third-order valence-corrected chi connectivity index (χ3v) is 2.65. The molecular weight excluding hydrogens is 240 g/mol. The molecule has 1 aliphatic rings. The zero-order valence-electron chi connectivity index (χ0n) is 10.8. The number of alkyl carbamates (subject to hydrolysis) is 1. The Morgan fingerprint density at radius 2 is 2.00 bits per heavy atom. The number of aliphatic hydroxyl groups is 1. The summed E-state index contributed by atoms with van der Waals surface area (Å²) in [5.41, 5.74) is -0.607. The van der Waals surface area contributed by atoms with E-state index in [0.717, 1.165) is 0 Å². The molecule has 0 spiro atoms. The molecule has 0 radical (unpaired) electrons. The second-order valence-electron chi connectivity index (χ2n) is 5.38. The van der Waals surface area contributed by atoms with Gasteiger partial charge in [-0.05, 0) is 20.8 Å². The van der Waals surface area contributed by atoms with Crippen LogP contribution in [0.25, 0.3) is 0 Å². The fourth-order valence-electron chi connectivity index (χ4n) is 1.83. The molecule has 7 nitrogen and oxygen atoms in total. The number of carbonyl (C=O) groups is 2. The van der Waals surface area contributed by atoms with E-state index in [1.54, 1.807) is 20.8 Å². The van der Waals surface area contributed by atoms with Crippen molar-refractivity contribution in [2.24, 2.45) is 5.92 Å². The number of carbonyl (C=O) groups excluding carboxylic acids is 1. The van der Waals surface area contributed by atoms with Crippen LogP contribution in [0.2, 0.25) is 0 Å². The maximum absolute atomic E-state index is 11.6. The van der Waals surface area contributed by atoms with Gasteiger partial charge in [0.25, 0.3) is 0 Å². The van der Waals surface area contributed by atoms with Crippen LogP contribution < -0.4 is 5.32 Å². The zero-order chi connectivity index (χ0) is 13.9. The molecule has 18 heavy (non-hydrogen) atoms. The second kappa shape index (κ2) is 5.43. The Labute approximate surface area is 106 Å². The van der Waals surface area contributed by atoms with Gasteiger partial charge in [-0.1, -0.05) is 0 Å². The second-order valence-corrected chi connectivity index (χ2v) is 5.38. The van der Waals surface area contributed by atoms with Crippen LogP contribution >= 0.6 is 0 Å². The van der Waals surface area contributed by atoms with E-state index in [-0.39, 0.29) is 25.6 Å². The van der Waals surface area contributed by atoms with Crippen molar-refractivity contribution in [1.29, 1.82) is 0 Å². The molecule has 3 N–H and O–H groups in total. The van der Waals surface area contributed by atoms with E-state index in [9.17, 15) is 9.59 Å². The van der Waals surface area contributed by atoms with Crippen molar-refractivity contribution < 1.29 is 24.5 Å². The lowest BCUT2D eigenvalue weighted by Crippen LogP contribution is -2.44. The predicted octanol–water partition coefficient (Wildman–Crippen LogP) is 0.482. The minimum Gasteiger partial charge on any atom is -0.465 e. The molecule has 0 saturated carbocycles. The van der Waals surface area contributed by atoms with Gasteiger partial charge < -0.3 is 25.2 Å². The highest BCUT2D eigenvalue weighted by Gasteiger charge is 2.36. The van der Waals surface area contributed by atoms with Gasteiger partial charge in [0.2, 0.25) is 0 Å². The lowest BCUT2D eigenvalue weighted by Gasteiger charge is -2.23. The first-order chi connectivity index (χ1) is 8.23. The maximum Gasteiger partial charge on any atom is 0.407 e. The molecule has 1 heterocycles. The number of hydrogen-bond acceptors (Lipinski definition) is 4. The van der Waals surface area contributed by atoms with Crippen molar-refractivity contribution in [3.8, 4) is 0 Å². The molecule has 1 saturated heterocycles. The van der Waals surface area contributed by atoms with Crippen LogP contribution in [0.4, 0.5) is 9.59 Å². The largest absolute Gasteiger partial charge is 0.465 e. The predicted molar refractivity (Wildman–Crippen MR) is 63.3 cm³/mol. The number of nitrogens with zero attached hydrogens (tertiary/aromatic N) is 1. The van der Waals surface area contributed by atoms with Gasteiger partial charge in [0, 0.05) is 25.6 Å². The summed E-state index contributed by atoms with van der Waals surface area (Å²) in [7, 11) is 0. The maximum atomic E-state index is 11.6. The molecule has 1 fully saturated rings. The van der Waals surface area contributed by atoms with Gasteiger partial charge in [-0.25, -0.2) is 9.59 Å². The number of hydrogen-bond donors (Lipinski definition) is 3. The highest BCUT2D eigenvalue weighted by molar-refractivity contribution is 5.69. The lowest BCUT2D eigenvalue weighted by atomic mass is 10.1. The Bertz CT molecular complexity index is 326. The van der Waals surface area contributed by atoms with Crippen LogP contribution in [0.3, 0.4) is 0 Å². The van der Waals surface area contributed by atoms with Crippen LogP contribution in [-0.2, 0) is 4.74 Å². The van der Waals surface area contributed by atoms with Crippen LogP contribution in [0.5, 0.6) is 0 Å². The summed E-state index contributed by atoms with van der Waals surface area (Å²) in [6.45, 7) is 5.44. The zero-order valence-corrected chi connectivity index (χ0v) is 10.8. The average molecular weight is 260 g/mol. The summed E-state index contributed by atoms with van der Waals surface area (Å²) in [6, 6.07) is -0.416. The molecule has 0 aliphatic carbocycles. The molecule has 0 aromatic heterocycles. The quantitative estimate of drug-likeness (QED) is 0.670. The van der Waals surface area contributed by atoms with Gasteiger partial charge in [-0.15, -0.1) is 0 Å². The third kappa shape index (κ3) is 4.06. The van der Waals surface area contributed by atoms with Gasteiger partial charge in [-0.3, -0.25) is 0 Å². The van der Waals surface area contributed by atoms with Gasteiger partial charge in [-0.2, -0.15) is 0 Å². The summed E-state index contributed by atoms with van der Waals surface area (Å²) in [6.07, 6.45) is -1.65. The summed E-state index contributed by atoms with van der Waals surface area (Å²) in [5, 5.41) is 20.6. The molecule has 2 atom stereocenters. The first kappa shape index (κ1) is 14.6. The minimum atomic E-state index is -1.05. The van der Waals surface area contributed by atoms with E-state index in [1.165, 1.54) is 4.90 Å². The minimum absolute atomic E-state index is 0.166. The molecule has 7 heteroatoms. The normalized spacial score (nSPS) is 23.9. The van der Waals surface area contributed by atoms with Crippen LogP contribution in [-0.4, -0.2) is 58.6 Å². The fourth-order valence-corrected chi connectivity index (χ4v) is 1.83. The van der Waals surface area contributed by atoms with E-state index in [2.05, 4.69) is 5.32 Å². The number of rotatable bonds is 2. The lowest BCUT2D eigenvalue weighted by molar-refractivity contribution is 0.0487. The van der Waals surface area contributed by atoms with E-state index in [0.29, 0.717) is 0 Å². The molecule has 0 bridgehead atoms. The van der Waals surface area contributed by atoms with E-state index < -0.39 is 23.8 Å². The van der Waals surface area contributed by atoms with Crippen molar-refractivity contribution in [3.63, 3.8) is 0 Å². The van der Waals surface area contributed by atoms with Crippen LogP contribution in [0, 0.1) is 5.92 Å². The Morgan fingerprint density at radius 3 is 2.44 bits per heavy atom. The number of nitrogens with one attached hydrogen (secondary N) is 1. The van der Waals surface area contributed by atoms with Crippen molar-refractivity contribution >= 4 is 12.2 Å². The molecule has 1 aliphatic heterocycles. The van der Waals surface area contributed by atoms with E-state index >= 15 is 0 Å². The van der Waals surface area contributed by atoms with Crippen molar-refractivity contribution in [1.82, 2.24) is 10.2 Å². The SMILES string of the molecule is CC(C)(C)OC(=O)N[C@H]1CN(C(=O)O)C[C@H]1CO. The molecule has 0 aromatic rings. The van der Waals surface area contributed by atoms with Gasteiger partial charge in [0.15, 0.2) is 0 Å². The smallest absolute Gasteiger partial charge is 0.407 e. The van der Waals surface area contributed by atoms with Crippen LogP contribution in [0.1, 0.15) is 20.8 Å². The van der Waals surface area contributed by atoms with Gasteiger partial charge in [0.1, 0.15) is 5.60 Å². The van der Waals surface area contributed by atoms with Gasteiger partial charge in [0.05, 0.1) is 6.04 Å². The first-order valence-corrected chi connectivity index (χ1v) is 5.81. The Hall–Kier alpha value is -1.50. The monoisotopic (exact) mass is 260 g/mol. The number of aliphatic hydroxyl groups excluding tert-OH is 1. The standard InChI is InChI=1S/C11H20N2O5/c1-11(2,3)18-9(15)12-8-5-13(10(16)17)4-7(8)6-14/h7-8,14H,4-6H2,1-3H3,(H,12,15)(H,16,17)/t7-,8-/m0/s1. The van der Waals surface area contributed by atoms with Crippen molar-refractivity contribution in [2.45, 2.75) is 32.4 Å². The summed E-state index contributed by atoms with van der Waals surface area (Å²) in [5.74, 6) is -0.298. The van der Waals surface area contributed by atoms with E-state index in [1.807, 2.05) is 0 Å². The average Bonchev–Trinajstić information content (AvgIpc) is 2.57. The number of carboxylic acid groups (broad SMARTS) is 1. The summed E-state index contributed by atoms with van der Waals surface area (Å²) >= 11 is 0. The molecule has 0 unspecified atom stereocenters. The Morgan fingerprint density at radius 1 is 1.39 bits per heavy atom. The molecule has 1 rings (SSSR count). The number of ether oxygens (including phenoxy) is 1. The van der Waals surface area contributed by atoms with Gasteiger partial charge >= 0.3 is 12.2 Å². The molecule has 0 aromatic carbocycles. The van der Waals surface area contributed by atoms with Crippen LogP contribution in [0.15, 0.2) is 0 Å². The summed E-state index contributed by atoms with van der Waals surface area (Å²) in [4.78, 5) is 23.6. The highest BCUT2D eigenvalue weighted by Crippen LogP contribution is 2.17. The van der Waals surface area contributed by atoms with Crippen molar-refractivity contribution in [3.05, 3.63) is 0 Å².